The molecule has 20 heavy (non-hydrogen) atoms. The molecule has 0 amide bonds. The molecule has 1 N–H and O–H groups in total. The predicted molar refractivity (Wildman–Crippen MR) is 77.9 cm³/mol. The molecule has 0 unspecified atom stereocenters. The van der Waals surface area contributed by atoms with E-state index in [0.717, 1.165) is 5.56 Å². The van der Waals surface area contributed by atoms with Crippen LogP contribution in [0.25, 0.3) is 0 Å². The van der Waals surface area contributed by atoms with Gasteiger partial charge in [-0.1, -0.05) is 41.4 Å². The van der Waals surface area contributed by atoms with Crippen LogP contribution in [0, 0.1) is 0 Å². The quantitative estimate of drug-likeness (QED) is 0.873. The lowest BCUT2D eigenvalue weighted by molar-refractivity contribution is 0.0473. The molecule has 0 aromatic heterocycles. The first-order valence-corrected chi connectivity index (χ1v) is 6.66. The highest BCUT2D eigenvalue weighted by Crippen LogP contribution is 2.22. The van der Waals surface area contributed by atoms with E-state index in [1.54, 1.807) is 42.5 Å². The van der Waals surface area contributed by atoms with Crippen LogP contribution in [-0.2, 0) is 18.0 Å². The third kappa shape index (κ3) is 3.73. The zero-order valence-corrected chi connectivity index (χ0v) is 12.0. The lowest BCUT2D eigenvalue weighted by Crippen LogP contribution is -2.05. The van der Waals surface area contributed by atoms with Crippen LogP contribution in [0.3, 0.4) is 0 Å². The highest BCUT2D eigenvalue weighted by molar-refractivity contribution is 6.35. The van der Waals surface area contributed by atoms with E-state index in [-0.39, 0.29) is 13.2 Å². The van der Waals surface area contributed by atoms with Crippen molar-refractivity contribution in [1.29, 1.82) is 0 Å². The predicted octanol–water partition coefficient (Wildman–Crippen LogP) is 3.84. The number of aliphatic hydroxyl groups excluding tert-OH is 1. The largest absolute Gasteiger partial charge is 0.457 e. The maximum Gasteiger partial charge on any atom is 0.338 e. The number of esters is 1. The van der Waals surface area contributed by atoms with Gasteiger partial charge in [0.15, 0.2) is 0 Å². The van der Waals surface area contributed by atoms with E-state index in [2.05, 4.69) is 0 Å². The number of ether oxygens (including phenoxy) is 1. The van der Waals surface area contributed by atoms with Crippen LogP contribution in [-0.4, -0.2) is 11.1 Å². The van der Waals surface area contributed by atoms with Crippen LogP contribution >= 0.6 is 23.2 Å². The zero-order chi connectivity index (χ0) is 14.5. The van der Waals surface area contributed by atoms with Gasteiger partial charge in [-0.3, -0.25) is 0 Å². The molecule has 0 aliphatic carbocycles. The van der Waals surface area contributed by atoms with Gasteiger partial charge in [-0.25, -0.2) is 4.79 Å². The summed E-state index contributed by atoms with van der Waals surface area (Å²) in [6.45, 7) is 0.0201. The lowest BCUT2D eigenvalue weighted by Gasteiger charge is -2.07. The first-order valence-electron chi connectivity index (χ1n) is 5.91. The lowest BCUT2D eigenvalue weighted by atomic mass is 10.1. The van der Waals surface area contributed by atoms with Crippen LogP contribution in [0.4, 0.5) is 0 Å². The second-order valence-corrected chi connectivity index (χ2v) is 5.01. The molecule has 0 saturated heterocycles. The Morgan fingerprint density at radius 1 is 1.10 bits per heavy atom. The highest BCUT2D eigenvalue weighted by Gasteiger charge is 2.09. The van der Waals surface area contributed by atoms with Crippen LogP contribution < -0.4 is 0 Å². The second kappa shape index (κ2) is 6.75. The maximum absolute atomic E-state index is 11.8. The number of hydrogen-bond donors (Lipinski definition) is 1. The van der Waals surface area contributed by atoms with E-state index < -0.39 is 5.97 Å². The minimum absolute atomic E-state index is 0.0598. The van der Waals surface area contributed by atoms with Crippen molar-refractivity contribution in [3.8, 4) is 0 Å². The van der Waals surface area contributed by atoms with Crippen molar-refractivity contribution in [1.82, 2.24) is 0 Å². The van der Waals surface area contributed by atoms with E-state index in [1.807, 2.05) is 0 Å². The van der Waals surface area contributed by atoms with Crippen LogP contribution in [0.2, 0.25) is 10.0 Å². The van der Waals surface area contributed by atoms with Crippen molar-refractivity contribution >= 4 is 29.2 Å². The summed E-state index contributed by atoms with van der Waals surface area (Å²) in [7, 11) is 0. The molecular formula is C15H12Cl2O3. The van der Waals surface area contributed by atoms with Crippen molar-refractivity contribution in [2.75, 3.05) is 0 Å². The van der Waals surface area contributed by atoms with E-state index in [9.17, 15) is 4.79 Å². The van der Waals surface area contributed by atoms with Gasteiger partial charge in [-0.2, -0.15) is 0 Å². The molecule has 2 aromatic carbocycles. The summed E-state index contributed by atoms with van der Waals surface area (Å²) in [5.74, 6) is -0.444. The molecule has 3 nitrogen and oxygen atoms in total. The Labute approximate surface area is 126 Å². The Morgan fingerprint density at radius 3 is 2.40 bits per heavy atom. The Kier molecular flexibility index (Phi) is 5.01. The van der Waals surface area contributed by atoms with Gasteiger partial charge >= 0.3 is 5.97 Å². The van der Waals surface area contributed by atoms with Crippen molar-refractivity contribution in [2.45, 2.75) is 13.2 Å². The second-order valence-electron chi connectivity index (χ2n) is 4.17. The number of aliphatic hydroxyl groups is 1. The van der Waals surface area contributed by atoms with E-state index in [1.165, 1.54) is 0 Å². The zero-order valence-electron chi connectivity index (χ0n) is 10.5. The molecule has 0 radical (unpaired) electrons. The van der Waals surface area contributed by atoms with Gasteiger partial charge in [-0.05, 0) is 29.8 Å². The summed E-state index contributed by atoms with van der Waals surface area (Å²) in [6.07, 6.45) is 0. The first kappa shape index (κ1) is 14.9. The molecule has 2 rings (SSSR count). The van der Waals surface area contributed by atoms with Gasteiger partial charge in [-0.15, -0.1) is 0 Å². The SMILES string of the molecule is O=C(OCc1ccc(Cl)cc1Cl)c1ccc(CO)cc1. The van der Waals surface area contributed by atoms with E-state index in [4.69, 9.17) is 33.0 Å². The number of carbonyl (C=O) groups is 1. The molecule has 0 atom stereocenters. The van der Waals surface area contributed by atoms with Crippen LogP contribution in [0.15, 0.2) is 42.5 Å². The van der Waals surface area contributed by atoms with E-state index in [0.29, 0.717) is 21.2 Å². The van der Waals surface area contributed by atoms with Crippen LogP contribution in [0.5, 0.6) is 0 Å². The van der Waals surface area contributed by atoms with Crippen molar-refractivity contribution in [2.24, 2.45) is 0 Å². The molecule has 0 aliphatic heterocycles. The molecule has 2 aromatic rings. The molecule has 0 aliphatic rings. The summed E-state index contributed by atoms with van der Waals surface area (Å²) >= 11 is 11.8. The summed E-state index contributed by atoms with van der Waals surface area (Å²) < 4.78 is 5.18. The fourth-order valence-corrected chi connectivity index (χ4v) is 2.07. The number of rotatable bonds is 4. The fourth-order valence-electron chi connectivity index (χ4n) is 1.61. The summed E-state index contributed by atoms with van der Waals surface area (Å²) in [6, 6.07) is 11.6. The Hall–Kier alpha value is -1.55. The van der Waals surface area contributed by atoms with Gasteiger partial charge < -0.3 is 9.84 Å². The topological polar surface area (TPSA) is 46.5 Å². The molecule has 0 bridgehead atoms. The summed E-state index contributed by atoms with van der Waals surface area (Å²) in [5, 5.41) is 9.92. The molecule has 104 valence electrons. The van der Waals surface area contributed by atoms with Crippen molar-refractivity contribution in [3.63, 3.8) is 0 Å². The fraction of sp³-hybridized carbons (Fsp3) is 0.133. The van der Waals surface area contributed by atoms with Gasteiger partial charge in [0.2, 0.25) is 0 Å². The Bertz CT molecular complexity index is 609. The average Bonchev–Trinajstić information content (AvgIpc) is 2.46. The number of carbonyl (C=O) groups excluding carboxylic acids is 1. The minimum Gasteiger partial charge on any atom is -0.457 e. The first-order chi connectivity index (χ1) is 9.60. The molecular weight excluding hydrogens is 299 g/mol. The Balaban J connectivity index is 2.00. The van der Waals surface area contributed by atoms with Gasteiger partial charge in [0.25, 0.3) is 0 Å². The van der Waals surface area contributed by atoms with E-state index >= 15 is 0 Å². The molecule has 0 saturated carbocycles. The number of benzene rings is 2. The third-order valence-electron chi connectivity index (χ3n) is 2.75. The summed E-state index contributed by atoms with van der Waals surface area (Å²) in [5.41, 5.74) is 1.85. The normalized spacial score (nSPS) is 10.3. The minimum atomic E-state index is -0.444. The van der Waals surface area contributed by atoms with Gasteiger partial charge in [0, 0.05) is 15.6 Å². The van der Waals surface area contributed by atoms with Gasteiger partial charge in [0.1, 0.15) is 6.61 Å². The van der Waals surface area contributed by atoms with Crippen molar-refractivity contribution in [3.05, 3.63) is 69.2 Å². The van der Waals surface area contributed by atoms with Gasteiger partial charge in [0.05, 0.1) is 12.2 Å². The van der Waals surface area contributed by atoms with Crippen LogP contribution in [0.1, 0.15) is 21.5 Å². The molecule has 0 heterocycles. The smallest absolute Gasteiger partial charge is 0.338 e. The molecule has 0 fully saturated rings. The number of hydrogen-bond acceptors (Lipinski definition) is 3. The van der Waals surface area contributed by atoms with Crippen molar-refractivity contribution < 1.29 is 14.6 Å². The highest BCUT2D eigenvalue weighted by atomic mass is 35.5. The molecule has 0 spiro atoms. The third-order valence-corrected chi connectivity index (χ3v) is 3.33. The Morgan fingerprint density at radius 2 is 1.80 bits per heavy atom. The monoisotopic (exact) mass is 310 g/mol. The number of halogens is 2. The average molecular weight is 311 g/mol. The maximum atomic E-state index is 11.8. The molecule has 5 heteroatoms. The standard InChI is InChI=1S/C15H12Cl2O3/c16-13-6-5-12(14(17)7-13)9-20-15(19)11-3-1-10(8-18)2-4-11/h1-7,18H,8-9H2. The summed E-state index contributed by atoms with van der Waals surface area (Å²) in [4.78, 5) is 11.8.